The molecule has 1 unspecified atom stereocenters. The molecule has 0 bridgehead atoms. The van der Waals surface area contributed by atoms with Crippen LogP contribution in [0, 0.1) is 0 Å². The number of fused-ring (bicyclic) bond motifs is 8. The summed E-state index contributed by atoms with van der Waals surface area (Å²) >= 11 is 0. The van der Waals surface area contributed by atoms with Gasteiger partial charge in [0.25, 0.3) is 0 Å². The molecular weight excluding hydrogens is 747 g/mol. The molecule has 0 saturated carbocycles. The summed E-state index contributed by atoms with van der Waals surface area (Å²) in [6.07, 6.45) is 1.99. The molecule has 0 saturated heterocycles. The minimum atomic E-state index is -0.230. The van der Waals surface area contributed by atoms with Crippen molar-refractivity contribution in [1.29, 1.82) is 0 Å². The molecule has 12 rings (SSSR count). The predicted molar refractivity (Wildman–Crippen MR) is 251 cm³/mol. The molecule has 1 aliphatic heterocycles. The Hall–Kier alpha value is -8.02. The smallest absolute Gasteiger partial charge is 0.162 e. The van der Waals surface area contributed by atoms with Gasteiger partial charge in [-0.05, 0) is 46.5 Å². The van der Waals surface area contributed by atoms with Crippen molar-refractivity contribution >= 4 is 66.2 Å². The van der Waals surface area contributed by atoms with Gasteiger partial charge in [-0.15, -0.1) is 0 Å². The molecule has 5 heteroatoms. The number of aromatic nitrogens is 1. The van der Waals surface area contributed by atoms with E-state index in [9.17, 15) is 0 Å². The number of aliphatic imine (C=N–C) groups is 1. The Labute approximate surface area is 352 Å². The lowest BCUT2D eigenvalue weighted by Gasteiger charge is -2.34. The third-order valence-corrected chi connectivity index (χ3v) is 12.1. The molecule has 0 amide bonds. The molecule has 61 heavy (non-hydrogen) atoms. The van der Waals surface area contributed by atoms with E-state index < -0.39 is 0 Å². The molecule has 1 atom stereocenters. The first-order valence-electron chi connectivity index (χ1n) is 20.6. The van der Waals surface area contributed by atoms with Gasteiger partial charge in [-0.3, -0.25) is 4.99 Å². The number of benzene rings is 8. The highest BCUT2D eigenvalue weighted by Crippen LogP contribution is 2.43. The highest BCUT2D eigenvalue weighted by molar-refractivity contribution is 6.22. The van der Waals surface area contributed by atoms with Crippen LogP contribution in [0.25, 0.3) is 94.0 Å². The minimum Gasteiger partial charge on any atom is -0.455 e. The number of nitrogens with zero attached hydrogens (tertiary/aromatic N) is 3. The fraction of sp³-hybridized carbons (Fsp3) is 0.0357. The second-order valence-electron chi connectivity index (χ2n) is 15.7. The molecule has 0 fully saturated rings. The van der Waals surface area contributed by atoms with E-state index in [-0.39, 0.29) is 6.17 Å². The van der Waals surface area contributed by atoms with Crippen molar-refractivity contribution in [1.82, 2.24) is 9.88 Å². The Morgan fingerprint density at radius 1 is 0.459 bits per heavy atom. The maximum absolute atomic E-state index is 6.66. The maximum Gasteiger partial charge on any atom is 0.162 e. The lowest BCUT2D eigenvalue weighted by Crippen LogP contribution is -2.27. The highest BCUT2D eigenvalue weighted by atomic mass is 16.3. The first-order chi connectivity index (χ1) is 30.2. The van der Waals surface area contributed by atoms with E-state index in [1.165, 1.54) is 0 Å². The van der Waals surface area contributed by atoms with Crippen LogP contribution in [0.5, 0.6) is 0 Å². The van der Waals surface area contributed by atoms with Gasteiger partial charge in [0.15, 0.2) is 5.58 Å². The van der Waals surface area contributed by atoms with Gasteiger partial charge < -0.3 is 13.7 Å². The van der Waals surface area contributed by atoms with Crippen LogP contribution in [0.15, 0.2) is 214 Å². The van der Waals surface area contributed by atoms with Crippen molar-refractivity contribution in [2.75, 3.05) is 7.05 Å². The van der Waals surface area contributed by atoms with Crippen LogP contribution < -0.4 is 0 Å². The van der Waals surface area contributed by atoms with Gasteiger partial charge in [0, 0.05) is 61.9 Å². The summed E-state index contributed by atoms with van der Waals surface area (Å²) in [5.74, 6) is 0. The Balaban J connectivity index is 0.983. The quantitative estimate of drug-likeness (QED) is 0.169. The summed E-state index contributed by atoms with van der Waals surface area (Å²) < 4.78 is 13.1. The molecular formula is C56H37N3O2. The van der Waals surface area contributed by atoms with Crippen molar-refractivity contribution in [3.8, 4) is 33.5 Å². The first kappa shape index (κ1) is 35.0. The third-order valence-electron chi connectivity index (χ3n) is 12.1. The zero-order valence-corrected chi connectivity index (χ0v) is 33.3. The van der Waals surface area contributed by atoms with Crippen LogP contribution >= 0.6 is 0 Å². The molecule has 0 N–H and O–H groups in total. The van der Waals surface area contributed by atoms with Crippen LogP contribution in [-0.4, -0.2) is 22.6 Å². The van der Waals surface area contributed by atoms with Crippen molar-refractivity contribution < 1.29 is 8.83 Å². The second-order valence-corrected chi connectivity index (χ2v) is 15.7. The zero-order chi connectivity index (χ0) is 40.4. The Morgan fingerprint density at radius 2 is 1.05 bits per heavy atom. The fourth-order valence-corrected chi connectivity index (χ4v) is 9.16. The van der Waals surface area contributed by atoms with Gasteiger partial charge >= 0.3 is 0 Å². The van der Waals surface area contributed by atoms with Crippen molar-refractivity contribution in [3.05, 3.63) is 217 Å². The van der Waals surface area contributed by atoms with Crippen LogP contribution in [0.4, 0.5) is 0 Å². The van der Waals surface area contributed by atoms with E-state index >= 15 is 0 Å². The summed E-state index contributed by atoms with van der Waals surface area (Å²) in [4.78, 5) is 13.1. The average molecular weight is 784 g/mol. The van der Waals surface area contributed by atoms with Gasteiger partial charge in [0.05, 0.1) is 11.2 Å². The van der Waals surface area contributed by atoms with Gasteiger partial charge in [-0.25, -0.2) is 4.98 Å². The Kier molecular flexibility index (Phi) is 8.07. The lowest BCUT2D eigenvalue weighted by atomic mass is 9.95. The molecule has 0 aliphatic carbocycles. The molecule has 0 radical (unpaired) electrons. The number of rotatable bonds is 6. The van der Waals surface area contributed by atoms with E-state index in [2.05, 4.69) is 182 Å². The molecule has 4 heterocycles. The van der Waals surface area contributed by atoms with E-state index in [1.54, 1.807) is 0 Å². The number of hydrogen-bond acceptors (Lipinski definition) is 5. The molecule has 0 spiro atoms. The lowest BCUT2D eigenvalue weighted by molar-refractivity contribution is 0.364. The molecule has 5 nitrogen and oxygen atoms in total. The van der Waals surface area contributed by atoms with E-state index in [1.807, 2.05) is 30.3 Å². The van der Waals surface area contributed by atoms with Crippen LogP contribution in [0.2, 0.25) is 0 Å². The third kappa shape index (κ3) is 5.77. The summed E-state index contributed by atoms with van der Waals surface area (Å²) in [5.41, 5.74) is 15.7. The van der Waals surface area contributed by atoms with Crippen molar-refractivity contribution in [2.24, 2.45) is 4.99 Å². The summed E-state index contributed by atoms with van der Waals surface area (Å²) in [7, 11) is 2.13. The highest BCUT2D eigenvalue weighted by Gasteiger charge is 2.26. The molecule has 288 valence electrons. The van der Waals surface area contributed by atoms with E-state index in [0.29, 0.717) is 0 Å². The SMILES string of the molecule is CN1C(c2ccc(-c3nc4c(-c5ccccc5)cccc4c4c3oc3ccccc34)cc2)=CC(c2cccc(-c3cccc4c3oc3ccccc34)c2)=NC1c1ccccc1. The van der Waals surface area contributed by atoms with Gasteiger partial charge in [-0.2, -0.15) is 0 Å². The van der Waals surface area contributed by atoms with E-state index in [0.717, 1.165) is 116 Å². The number of allylic oxidation sites excluding steroid dienone is 1. The number of furan rings is 2. The van der Waals surface area contributed by atoms with Crippen molar-refractivity contribution in [3.63, 3.8) is 0 Å². The minimum absolute atomic E-state index is 0.230. The number of pyridine rings is 1. The summed E-state index contributed by atoms with van der Waals surface area (Å²) in [6.45, 7) is 0. The largest absolute Gasteiger partial charge is 0.455 e. The molecule has 1 aliphatic rings. The summed E-state index contributed by atoms with van der Waals surface area (Å²) in [5, 5.41) is 5.47. The zero-order valence-electron chi connectivity index (χ0n) is 33.3. The molecule has 11 aromatic rings. The number of hydrogen-bond donors (Lipinski definition) is 0. The molecule has 8 aromatic carbocycles. The first-order valence-corrected chi connectivity index (χ1v) is 20.6. The van der Waals surface area contributed by atoms with Gasteiger partial charge in [0.1, 0.15) is 28.6 Å². The Morgan fingerprint density at radius 3 is 1.85 bits per heavy atom. The van der Waals surface area contributed by atoms with Crippen LogP contribution in [-0.2, 0) is 0 Å². The van der Waals surface area contributed by atoms with Crippen LogP contribution in [0.1, 0.15) is 22.9 Å². The standard InChI is InChI=1S/C56H37N3O2/c1-59-48(34-47(57-56(59)38-17-6-3-7-18-38)40-20-12-19-39(33-40)42-24-14-25-44-43-21-8-10-27-49(43)60-54(42)44)36-29-31-37(32-30-36)52-55-51(45-22-9-11-28-50(45)61-55)46-26-13-23-41(53(46)58-52)35-15-4-2-5-16-35/h2-34,56H,1H3. The second kappa shape index (κ2) is 14.1. The van der Waals surface area contributed by atoms with Crippen molar-refractivity contribution in [2.45, 2.75) is 6.17 Å². The number of para-hydroxylation sites is 4. The van der Waals surface area contributed by atoms with Gasteiger partial charge in [0.2, 0.25) is 0 Å². The maximum atomic E-state index is 6.66. The average Bonchev–Trinajstić information content (AvgIpc) is 3.91. The topological polar surface area (TPSA) is 54.8 Å². The molecule has 3 aromatic heterocycles. The van der Waals surface area contributed by atoms with E-state index in [4.69, 9.17) is 18.8 Å². The van der Waals surface area contributed by atoms with Gasteiger partial charge in [-0.1, -0.05) is 176 Å². The fourth-order valence-electron chi connectivity index (χ4n) is 9.16. The normalized spacial score (nSPS) is 14.3. The predicted octanol–water partition coefficient (Wildman–Crippen LogP) is 14.5. The van der Waals surface area contributed by atoms with Crippen LogP contribution in [0.3, 0.4) is 0 Å². The Bertz CT molecular complexity index is 3540. The summed E-state index contributed by atoms with van der Waals surface area (Å²) in [6, 6.07) is 67.8. The monoisotopic (exact) mass is 783 g/mol.